The summed E-state index contributed by atoms with van der Waals surface area (Å²) in [6.07, 6.45) is 0. The van der Waals surface area contributed by atoms with Crippen LogP contribution in [0.15, 0.2) is 18.2 Å². The second-order valence-electron chi connectivity index (χ2n) is 7.44. The normalized spacial score (nSPS) is 15.6. The summed E-state index contributed by atoms with van der Waals surface area (Å²) in [5, 5.41) is 12.4. The van der Waals surface area contributed by atoms with Crippen molar-refractivity contribution in [3.8, 4) is 0 Å². The first kappa shape index (κ1) is 18.8. The molecule has 8 nitrogen and oxygen atoms in total. The number of aryl methyl sites for hydroxylation is 1. The van der Waals surface area contributed by atoms with Crippen molar-refractivity contribution in [3.63, 3.8) is 0 Å². The molecule has 1 amide bonds. The van der Waals surface area contributed by atoms with Crippen LogP contribution in [0.25, 0.3) is 22.1 Å². The Morgan fingerprint density at radius 2 is 2.04 bits per heavy atom. The molecule has 2 aromatic heterocycles. The van der Waals surface area contributed by atoms with Crippen LogP contribution in [0.5, 0.6) is 0 Å². The number of aromatic nitrogens is 4. The third-order valence-corrected chi connectivity index (χ3v) is 5.17. The number of rotatable bonds is 5. The summed E-state index contributed by atoms with van der Waals surface area (Å²) in [4.78, 5) is 19.5. The molecule has 0 bridgehead atoms. The highest BCUT2D eigenvalue weighted by Gasteiger charge is 2.17. The van der Waals surface area contributed by atoms with E-state index in [1.807, 2.05) is 19.1 Å². The standard InChI is InChI=1S/C20H26N6O2/c1-13(2)26-14(3)22-19-18(26)16-12-15(4-5-17(16)23-24-19)20(27)21-6-7-25-8-10-28-11-9-25/h4-5,12-13H,6-11H2,1-3H3,(H,21,27). The maximum atomic E-state index is 12.7. The number of fused-ring (bicyclic) bond motifs is 3. The van der Waals surface area contributed by atoms with E-state index in [0.29, 0.717) is 17.8 Å². The van der Waals surface area contributed by atoms with Gasteiger partial charge >= 0.3 is 0 Å². The van der Waals surface area contributed by atoms with Crippen LogP contribution in [0.1, 0.15) is 36.1 Å². The Kier molecular flexibility index (Phi) is 5.23. The summed E-state index contributed by atoms with van der Waals surface area (Å²) >= 11 is 0. The smallest absolute Gasteiger partial charge is 0.251 e. The van der Waals surface area contributed by atoms with Crippen molar-refractivity contribution in [3.05, 3.63) is 29.6 Å². The number of ether oxygens (including phenoxy) is 1. The Bertz CT molecular complexity index is 1010. The number of carbonyl (C=O) groups excluding carboxylic acids is 1. The fraction of sp³-hybridized carbons (Fsp3) is 0.500. The average Bonchev–Trinajstić information content (AvgIpc) is 3.05. The van der Waals surface area contributed by atoms with Crippen LogP contribution in [0, 0.1) is 6.92 Å². The fourth-order valence-corrected chi connectivity index (χ4v) is 3.79. The number of morpholine rings is 1. The molecule has 0 aliphatic carbocycles. The van der Waals surface area contributed by atoms with Gasteiger partial charge in [0.1, 0.15) is 5.82 Å². The lowest BCUT2D eigenvalue weighted by atomic mass is 10.1. The van der Waals surface area contributed by atoms with Gasteiger partial charge in [0, 0.05) is 43.2 Å². The predicted molar refractivity (Wildman–Crippen MR) is 108 cm³/mol. The monoisotopic (exact) mass is 382 g/mol. The molecular weight excluding hydrogens is 356 g/mol. The number of nitrogens with zero attached hydrogens (tertiary/aromatic N) is 5. The summed E-state index contributed by atoms with van der Waals surface area (Å²) in [5.74, 6) is 0.819. The van der Waals surface area contributed by atoms with E-state index in [1.54, 1.807) is 6.07 Å². The van der Waals surface area contributed by atoms with Gasteiger partial charge in [0.05, 0.1) is 24.2 Å². The van der Waals surface area contributed by atoms with E-state index in [4.69, 9.17) is 4.74 Å². The van der Waals surface area contributed by atoms with Gasteiger partial charge in [-0.1, -0.05) is 0 Å². The molecule has 1 N–H and O–H groups in total. The highest BCUT2D eigenvalue weighted by molar-refractivity contribution is 6.05. The van der Waals surface area contributed by atoms with E-state index in [1.165, 1.54) is 0 Å². The minimum atomic E-state index is -0.0764. The highest BCUT2D eigenvalue weighted by atomic mass is 16.5. The largest absolute Gasteiger partial charge is 0.379 e. The Morgan fingerprint density at radius 1 is 1.25 bits per heavy atom. The third-order valence-electron chi connectivity index (χ3n) is 5.17. The van der Waals surface area contributed by atoms with Crippen molar-refractivity contribution in [2.24, 2.45) is 0 Å². The van der Waals surface area contributed by atoms with Crippen LogP contribution in [-0.2, 0) is 4.74 Å². The lowest BCUT2D eigenvalue weighted by Gasteiger charge is -2.26. The minimum absolute atomic E-state index is 0.0764. The van der Waals surface area contributed by atoms with Crippen LogP contribution >= 0.6 is 0 Å². The predicted octanol–water partition coefficient (Wildman–Crippen LogP) is 1.93. The van der Waals surface area contributed by atoms with Crippen LogP contribution < -0.4 is 5.32 Å². The maximum Gasteiger partial charge on any atom is 0.251 e. The molecule has 0 saturated carbocycles. The molecule has 1 aliphatic rings. The Labute approximate surface area is 163 Å². The second kappa shape index (κ2) is 7.81. The third kappa shape index (κ3) is 3.57. The van der Waals surface area contributed by atoms with E-state index in [9.17, 15) is 4.79 Å². The molecule has 0 spiro atoms. The Balaban J connectivity index is 1.59. The number of benzene rings is 1. The summed E-state index contributed by atoms with van der Waals surface area (Å²) in [6.45, 7) is 11.0. The van der Waals surface area contributed by atoms with Crippen molar-refractivity contribution >= 4 is 28.0 Å². The summed E-state index contributed by atoms with van der Waals surface area (Å²) < 4.78 is 7.50. The van der Waals surface area contributed by atoms with Crippen molar-refractivity contribution in [1.29, 1.82) is 0 Å². The molecule has 3 heterocycles. The van der Waals surface area contributed by atoms with Gasteiger partial charge in [0.2, 0.25) is 5.65 Å². The van der Waals surface area contributed by atoms with Gasteiger partial charge in [-0.25, -0.2) is 4.98 Å². The zero-order chi connectivity index (χ0) is 19.7. The number of hydrogen-bond acceptors (Lipinski definition) is 6. The summed E-state index contributed by atoms with van der Waals surface area (Å²) in [5.41, 5.74) is 2.93. The molecule has 1 saturated heterocycles. The molecule has 3 aromatic rings. The topological polar surface area (TPSA) is 85.2 Å². The molecule has 28 heavy (non-hydrogen) atoms. The van der Waals surface area contributed by atoms with Crippen LogP contribution in [0.2, 0.25) is 0 Å². The Hall–Kier alpha value is -2.58. The molecule has 4 rings (SSSR count). The molecule has 1 aromatic carbocycles. The van der Waals surface area contributed by atoms with Gasteiger partial charge in [-0.15, -0.1) is 10.2 Å². The molecule has 0 atom stereocenters. The molecular formula is C20H26N6O2. The first-order valence-corrected chi connectivity index (χ1v) is 9.78. The zero-order valence-electron chi connectivity index (χ0n) is 16.6. The average molecular weight is 382 g/mol. The van der Waals surface area contributed by atoms with E-state index >= 15 is 0 Å². The second-order valence-corrected chi connectivity index (χ2v) is 7.44. The number of carbonyl (C=O) groups is 1. The molecule has 0 radical (unpaired) electrons. The highest BCUT2D eigenvalue weighted by Crippen LogP contribution is 2.26. The van der Waals surface area contributed by atoms with Gasteiger partial charge < -0.3 is 14.6 Å². The number of amides is 1. The van der Waals surface area contributed by atoms with Crippen molar-refractivity contribution in [2.45, 2.75) is 26.8 Å². The molecule has 0 unspecified atom stereocenters. The van der Waals surface area contributed by atoms with Gasteiger partial charge in [0.15, 0.2) is 0 Å². The number of hydrogen-bond donors (Lipinski definition) is 1. The first-order chi connectivity index (χ1) is 13.5. The SMILES string of the molecule is Cc1nc2nnc3ccc(C(=O)NCCN4CCOCC4)cc3c2n1C(C)C. The molecule has 8 heteroatoms. The summed E-state index contributed by atoms with van der Waals surface area (Å²) in [7, 11) is 0. The summed E-state index contributed by atoms with van der Waals surface area (Å²) in [6, 6.07) is 5.79. The molecule has 148 valence electrons. The zero-order valence-corrected chi connectivity index (χ0v) is 16.6. The van der Waals surface area contributed by atoms with Crippen molar-refractivity contribution in [1.82, 2.24) is 30.0 Å². The lowest BCUT2D eigenvalue weighted by Crippen LogP contribution is -2.41. The minimum Gasteiger partial charge on any atom is -0.379 e. The van der Waals surface area contributed by atoms with Gasteiger partial charge in [-0.2, -0.15) is 0 Å². The quantitative estimate of drug-likeness (QED) is 0.726. The van der Waals surface area contributed by atoms with E-state index in [0.717, 1.165) is 55.1 Å². The van der Waals surface area contributed by atoms with Crippen LogP contribution in [-0.4, -0.2) is 69.9 Å². The molecule has 1 aliphatic heterocycles. The van der Waals surface area contributed by atoms with Crippen molar-refractivity contribution < 1.29 is 9.53 Å². The van der Waals surface area contributed by atoms with Crippen LogP contribution in [0.3, 0.4) is 0 Å². The fourth-order valence-electron chi connectivity index (χ4n) is 3.79. The van der Waals surface area contributed by atoms with Crippen molar-refractivity contribution in [2.75, 3.05) is 39.4 Å². The number of imidazole rings is 1. The van der Waals surface area contributed by atoms with E-state index in [-0.39, 0.29) is 11.9 Å². The number of nitrogens with one attached hydrogen (secondary N) is 1. The van der Waals surface area contributed by atoms with E-state index < -0.39 is 0 Å². The molecule has 1 fully saturated rings. The lowest BCUT2D eigenvalue weighted by molar-refractivity contribution is 0.0383. The van der Waals surface area contributed by atoms with Gasteiger partial charge in [-0.3, -0.25) is 9.69 Å². The van der Waals surface area contributed by atoms with Gasteiger partial charge in [0.25, 0.3) is 5.91 Å². The van der Waals surface area contributed by atoms with Crippen LogP contribution in [0.4, 0.5) is 0 Å². The van der Waals surface area contributed by atoms with Gasteiger partial charge in [-0.05, 0) is 39.0 Å². The van der Waals surface area contributed by atoms with E-state index in [2.05, 4.69) is 43.8 Å². The first-order valence-electron chi connectivity index (χ1n) is 9.78. The maximum absolute atomic E-state index is 12.7. The Morgan fingerprint density at radius 3 is 2.79 bits per heavy atom.